The van der Waals surface area contributed by atoms with E-state index in [0.717, 1.165) is 34.0 Å². The van der Waals surface area contributed by atoms with Crippen molar-refractivity contribution in [1.82, 2.24) is 19.9 Å². The number of rotatable bonds is 4. The Balaban J connectivity index is 1.65. The van der Waals surface area contributed by atoms with Gasteiger partial charge in [0, 0.05) is 28.9 Å². The van der Waals surface area contributed by atoms with Gasteiger partial charge in [-0.05, 0) is 49.8 Å². The number of hydrogen-bond acceptors (Lipinski definition) is 3. The minimum absolute atomic E-state index is 0.0797. The highest BCUT2D eigenvalue weighted by Crippen LogP contribution is 2.26. The fourth-order valence-electron chi connectivity index (χ4n) is 4.34. The van der Waals surface area contributed by atoms with Crippen LogP contribution in [0.4, 0.5) is 0 Å². The Bertz CT molecular complexity index is 1060. The van der Waals surface area contributed by atoms with E-state index in [1.807, 2.05) is 38.1 Å². The average molecular weight is 411 g/mol. The standard InChI is InChI=1S/C23H27ClN4O/c1-14-8-4-7-11-21(14)27-23(29)19-13-25-28-16(3)18(15(2)26-22(19)28)12-17-9-5-6-10-20(17)24/h5-6,9-10,13-14,21H,4,7-8,11-12H2,1-3H3,(H,27,29)/t14-,21+/m0/s1. The molecule has 29 heavy (non-hydrogen) atoms. The van der Waals surface area contributed by atoms with Gasteiger partial charge < -0.3 is 5.32 Å². The molecule has 1 fully saturated rings. The summed E-state index contributed by atoms with van der Waals surface area (Å²) < 4.78 is 1.78. The summed E-state index contributed by atoms with van der Waals surface area (Å²) in [5, 5.41) is 8.44. The van der Waals surface area contributed by atoms with Crippen LogP contribution >= 0.6 is 11.6 Å². The number of fused-ring (bicyclic) bond motifs is 1. The summed E-state index contributed by atoms with van der Waals surface area (Å²) in [6.07, 6.45) is 6.95. The summed E-state index contributed by atoms with van der Waals surface area (Å²) in [5.74, 6) is 0.428. The van der Waals surface area contributed by atoms with Crippen molar-refractivity contribution in [1.29, 1.82) is 0 Å². The first kappa shape index (κ1) is 19.9. The van der Waals surface area contributed by atoms with Crippen LogP contribution < -0.4 is 5.32 Å². The van der Waals surface area contributed by atoms with E-state index in [4.69, 9.17) is 16.6 Å². The molecule has 1 amide bonds. The number of nitrogens with one attached hydrogen (secondary N) is 1. The zero-order valence-electron chi connectivity index (χ0n) is 17.2. The zero-order chi connectivity index (χ0) is 20.5. The topological polar surface area (TPSA) is 59.3 Å². The predicted octanol–water partition coefficient (Wildman–Crippen LogP) is 4.90. The second-order valence-corrected chi connectivity index (χ2v) is 8.57. The number of carbonyl (C=O) groups excluding carboxylic acids is 1. The van der Waals surface area contributed by atoms with Gasteiger partial charge in [0.2, 0.25) is 0 Å². The fourth-order valence-corrected chi connectivity index (χ4v) is 4.54. The third-order valence-electron chi connectivity index (χ3n) is 6.21. The molecule has 6 heteroatoms. The third kappa shape index (κ3) is 3.88. The fraction of sp³-hybridized carbons (Fsp3) is 0.435. The molecule has 0 bridgehead atoms. The van der Waals surface area contributed by atoms with Crippen molar-refractivity contribution in [3.63, 3.8) is 0 Å². The van der Waals surface area contributed by atoms with E-state index in [-0.39, 0.29) is 11.9 Å². The molecule has 1 aliphatic rings. The van der Waals surface area contributed by atoms with Crippen LogP contribution in [0.1, 0.15) is 65.5 Å². The second kappa shape index (κ2) is 8.15. The molecule has 1 aliphatic carbocycles. The van der Waals surface area contributed by atoms with Crippen molar-refractivity contribution in [2.24, 2.45) is 5.92 Å². The van der Waals surface area contributed by atoms with Crippen molar-refractivity contribution in [2.45, 2.75) is 58.9 Å². The summed E-state index contributed by atoms with van der Waals surface area (Å²) >= 11 is 6.35. The molecule has 0 aliphatic heterocycles. The van der Waals surface area contributed by atoms with Crippen molar-refractivity contribution < 1.29 is 4.79 Å². The molecule has 2 heterocycles. The lowest BCUT2D eigenvalue weighted by Crippen LogP contribution is -2.41. The molecule has 0 radical (unpaired) electrons. The van der Waals surface area contributed by atoms with Crippen molar-refractivity contribution in [3.8, 4) is 0 Å². The van der Waals surface area contributed by atoms with E-state index < -0.39 is 0 Å². The Morgan fingerprint density at radius 2 is 2.00 bits per heavy atom. The number of hydrogen-bond donors (Lipinski definition) is 1. The number of aryl methyl sites for hydroxylation is 2. The lowest BCUT2D eigenvalue weighted by molar-refractivity contribution is 0.0912. The van der Waals surface area contributed by atoms with E-state index in [2.05, 4.69) is 17.3 Å². The van der Waals surface area contributed by atoms with Gasteiger partial charge in [-0.15, -0.1) is 0 Å². The molecule has 4 rings (SSSR count). The van der Waals surface area contributed by atoms with Crippen LogP contribution in [0.15, 0.2) is 30.5 Å². The summed E-state index contributed by atoms with van der Waals surface area (Å²) in [6, 6.07) is 8.07. The molecule has 3 aromatic rings. The SMILES string of the molecule is Cc1nc2c(C(=O)N[C@@H]3CCCC[C@@H]3C)cnn2c(C)c1Cc1ccccc1Cl. The summed E-state index contributed by atoms with van der Waals surface area (Å²) in [4.78, 5) is 17.7. The van der Waals surface area contributed by atoms with Gasteiger partial charge in [-0.3, -0.25) is 4.79 Å². The van der Waals surface area contributed by atoms with Gasteiger partial charge in [0.05, 0.1) is 6.20 Å². The van der Waals surface area contributed by atoms with Crippen LogP contribution in [-0.4, -0.2) is 26.5 Å². The normalized spacial score (nSPS) is 19.4. The zero-order valence-corrected chi connectivity index (χ0v) is 18.0. The molecule has 0 unspecified atom stereocenters. The summed E-state index contributed by atoms with van der Waals surface area (Å²) in [7, 11) is 0. The number of carbonyl (C=O) groups is 1. The van der Waals surface area contributed by atoms with Gasteiger partial charge in [-0.1, -0.05) is 49.6 Å². The minimum atomic E-state index is -0.0797. The maximum atomic E-state index is 13.0. The Labute approximate surface area is 176 Å². The number of nitrogens with zero attached hydrogens (tertiary/aromatic N) is 3. The lowest BCUT2D eigenvalue weighted by Gasteiger charge is -2.29. The quantitative estimate of drug-likeness (QED) is 0.665. The number of benzene rings is 1. The van der Waals surface area contributed by atoms with E-state index in [0.29, 0.717) is 23.5 Å². The molecule has 1 aromatic carbocycles. The van der Waals surface area contributed by atoms with Crippen LogP contribution in [0.5, 0.6) is 0 Å². The molecular formula is C23H27ClN4O. The van der Waals surface area contributed by atoms with Crippen molar-refractivity contribution in [3.05, 3.63) is 63.6 Å². The molecule has 1 N–H and O–H groups in total. The van der Waals surface area contributed by atoms with Gasteiger partial charge in [-0.2, -0.15) is 5.10 Å². The first-order chi connectivity index (χ1) is 14.0. The maximum absolute atomic E-state index is 13.0. The maximum Gasteiger partial charge on any atom is 0.256 e. The number of amides is 1. The van der Waals surface area contributed by atoms with Gasteiger partial charge >= 0.3 is 0 Å². The van der Waals surface area contributed by atoms with E-state index >= 15 is 0 Å². The van der Waals surface area contributed by atoms with Crippen molar-refractivity contribution >= 4 is 23.2 Å². The van der Waals surface area contributed by atoms with Crippen LogP contribution in [-0.2, 0) is 6.42 Å². The van der Waals surface area contributed by atoms with Crippen LogP contribution in [0, 0.1) is 19.8 Å². The van der Waals surface area contributed by atoms with Gasteiger partial charge in [0.1, 0.15) is 5.56 Å². The minimum Gasteiger partial charge on any atom is -0.349 e. The van der Waals surface area contributed by atoms with E-state index in [1.54, 1.807) is 10.7 Å². The average Bonchev–Trinajstić information content (AvgIpc) is 3.12. The van der Waals surface area contributed by atoms with Gasteiger partial charge in [0.25, 0.3) is 5.91 Å². The third-order valence-corrected chi connectivity index (χ3v) is 6.58. The summed E-state index contributed by atoms with van der Waals surface area (Å²) in [6.45, 7) is 6.22. The highest BCUT2D eigenvalue weighted by atomic mass is 35.5. The van der Waals surface area contributed by atoms with Crippen LogP contribution in [0.2, 0.25) is 5.02 Å². The number of halogens is 1. The van der Waals surface area contributed by atoms with Crippen molar-refractivity contribution in [2.75, 3.05) is 0 Å². The highest BCUT2D eigenvalue weighted by Gasteiger charge is 2.25. The predicted molar refractivity (Wildman–Crippen MR) is 116 cm³/mol. The molecule has 0 spiro atoms. The first-order valence-electron chi connectivity index (χ1n) is 10.3. The highest BCUT2D eigenvalue weighted by molar-refractivity contribution is 6.31. The largest absolute Gasteiger partial charge is 0.349 e. The Morgan fingerprint density at radius 3 is 2.76 bits per heavy atom. The molecule has 0 saturated heterocycles. The van der Waals surface area contributed by atoms with E-state index in [9.17, 15) is 4.79 Å². The van der Waals surface area contributed by atoms with Gasteiger partial charge in [0.15, 0.2) is 5.65 Å². The number of aromatic nitrogens is 3. The lowest BCUT2D eigenvalue weighted by atomic mass is 9.86. The molecular weight excluding hydrogens is 384 g/mol. The van der Waals surface area contributed by atoms with Gasteiger partial charge in [-0.25, -0.2) is 9.50 Å². The van der Waals surface area contributed by atoms with Crippen LogP contribution in [0.3, 0.4) is 0 Å². The Kier molecular flexibility index (Phi) is 5.59. The molecule has 2 aromatic heterocycles. The molecule has 1 saturated carbocycles. The first-order valence-corrected chi connectivity index (χ1v) is 10.7. The molecule has 5 nitrogen and oxygen atoms in total. The van der Waals surface area contributed by atoms with Crippen LogP contribution in [0.25, 0.3) is 5.65 Å². The second-order valence-electron chi connectivity index (χ2n) is 8.16. The molecule has 2 atom stereocenters. The molecule has 152 valence electrons. The monoisotopic (exact) mass is 410 g/mol. The van der Waals surface area contributed by atoms with E-state index in [1.165, 1.54) is 19.3 Å². The Hall–Kier alpha value is -2.40. The smallest absolute Gasteiger partial charge is 0.256 e. The Morgan fingerprint density at radius 1 is 1.24 bits per heavy atom. The summed E-state index contributed by atoms with van der Waals surface area (Å²) in [5.41, 5.74) is 5.18.